The molecule has 3 aromatic rings. The van der Waals surface area contributed by atoms with Crippen molar-refractivity contribution in [3.05, 3.63) is 88.2 Å². The van der Waals surface area contributed by atoms with Gasteiger partial charge in [-0.05, 0) is 124 Å². The number of sulfonamides is 1. The van der Waals surface area contributed by atoms with Gasteiger partial charge in [0.15, 0.2) is 0 Å². The lowest BCUT2D eigenvalue weighted by molar-refractivity contribution is -0.192. The molecule has 5 rings (SSSR count). The maximum absolute atomic E-state index is 13.9. The highest BCUT2D eigenvalue weighted by Gasteiger charge is 2.38. The zero-order chi connectivity index (χ0) is 38.1. The Hall–Kier alpha value is -3.43. The first-order valence-corrected chi connectivity index (χ1v) is 19.0. The second-order valence-corrected chi connectivity index (χ2v) is 15.5. The highest BCUT2D eigenvalue weighted by Crippen LogP contribution is 2.31. The highest BCUT2D eigenvalue weighted by molar-refractivity contribution is 7.89. The molecular formula is C36H41Cl2F4N3O6S. The van der Waals surface area contributed by atoms with E-state index < -0.39 is 22.2 Å². The molecule has 1 amide bonds. The molecule has 3 aromatic carbocycles. The van der Waals surface area contributed by atoms with Crippen LogP contribution in [0.25, 0.3) is 0 Å². The minimum absolute atomic E-state index is 0.0205. The molecule has 9 nitrogen and oxygen atoms in total. The standard InChI is InChI=1S/C34H40Cl2FN3O4S.C2HF3O2/c1-44-30-8-10-31(11-9-30)45(42,43)39-21-15-27(16-22-39)34(41)40(29-7-12-32(35)33(36)24-29)18-2-17-38-19-13-26(14-20-38)23-25-3-5-28(37)6-4-25;3-2(4,5)1(6)7/h3-12,24,26-27H,2,13-23H2,1H3;(H,6,7). The van der Waals surface area contributed by atoms with Crippen molar-refractivity contribution in [3.63, 3.8) is 0 Å². The SMILES string of the molecule is COc1ccc(S(=O)(=O)N2CCC(C(=O)N(CCCN3CCC(Cc4ccc(F)cc4)CC3)c3ccc(Cl)c(Cl)c3)CC2)cc1.O=C(O)C(F)(F)F. The molecule has 2 heterocycles. The van der Waals surface area contributed by atoms with Crippen LogP contribution < -0.4 is 9.64 Å². The number of alkyl halides is 3. The molecule has 0 unspecified atom stereocenters. The van der Waals surface area contributed by atoms with Gasteiger partial charge in [0.05, 0.1) is 22.1 Å². The number of piperidine rings is 2. The molecule has 0 bridgehead atoms. The molecule has 0 spiro atoms. The van der Waals surface area contributed by atoms with E-state index in [1.807, 2.05) is 18.2 Å². The quantitative estimate of drug-likeness (QED) is 0.200. The molecule has 284 valence electrons. The summed E-state index contributed by atoms with van der Waals surface area (Å²) in [6.07, 6.45) is -0.274. The summed E-state index contributed by atoms with van der Waals surface area (Å²) in [4.78, 5) is 27.3. The average Bonchev–Trinajstić information content (AvgIpc) is 3.12. The number of methoxy groups -OCH3 is 1. The predicted molar refractivity (Wildman–Crippen MR) is 191 cm³/mol. The number of aliphatic carboxylic acids is 1. The maximum atomic E-state index is 13.9. The van der Waals surface area contributed by atoms with Crippen molar-refractivity contribution in [3.8, 4) is 5.75 Å². The van der Waals surface area contributed by atoms with Crippen molar-refractivity contribution >= 4 is 50.8 Å². The lowest BCUT2D eigenvalue weighted by Gasteiger charge is -2.35. The van der Waals surface area contributed by atoms with Crippen LogP contribution in [-0.4, -0.2) is 87.2 Å². The van der Waals surface area contributed by atoms with Crippen LogP contribution in [0.1, 0.15) is 37.7 Å². The van der Waals surface area contributed by atoms with Crippen LogP contribution in [0.2, 0.25) is 10.0 Å². The zero-order valence-corrected chi connectivity index (χ0v) is 30.8. The molecule has 2 aliphatic heterocycles. The number of carbonyl (C=O) groups is 2. The topological polar surface area (TPSA) is 107 Å². The molecule has 1 N–H and O–H groups in total. The first-order valence-electron chi connectivity index (χ1n) is 16.8. The third-order valence-electron chi connectivity index (χ3n) is 9.22. The number of nitrogens with zero attached hydrogens (tertiary/aromatic N) is 3. The summed E-state index contributed by atoms with van der Waals surface area (Å²) >= 11 is 12.5. The molecule has 0 saturated carbocycles. The van der Waals surface area contributed by atoms with Crippen molar-refractivity contribution in [1.29, 1.82) is 0 Å². The van der Waals surface area contributed by atoms with Crippen molar-refractivity contribution in [2.24, 2.45) is 11.8 Å². The molecule has 0 atom stereocenters. The van der Waals surface area contributed by atoms with Crippen LogP contribution >= 0.6 is 23.2 Å². The van der Waals surface area contributed by atoms with Gasteiger partial charge in [-0.1, -0.05) is 35.3 Å². The number of halogens is 6. The second-order valence-electron chi connectivity index (χ2n) is 12.7. The summed E-state index contributed by atoms with van der Waals surface area (Å²) < 4.78 is 78.1. The van der Waals surface area contributed by atoms with E-state index >= 15 is 0 Å². The van der Waals surface area contributed by atoms with Gasteiger partial charge in [0.1, 0.15) is 11.6 Å². The minimum atomic E-state index is -5.08. The fourth-order valence-electron chi connectivity index (χ4n) is 6.30. The van der Waals surface area contributed by atoms with Crippen LogP contribution in [0.4, 0.5) is 23.2 Å². The van der Waals surface area contributed by atoms with Gasteiger partial charge < -0.3 is 19.6 Å². The number of rotatable bonds is 11. The third-order valence-corrected chi connectivity index (χ3v) is 11.9. The number of anilines is 1. The van der Waals surface area contributed by atoms with Gasteiger partial charge in [-0.25, -0.2) is 17.6 Å². The van der Waals surface area contributed by atoms with Gasteiger partial charge in [0.25, 0.3) is 0 Å². The number of amides is 1. The normalized spacial score (nSPS) is 16.5. The number of ether oxygens (including phenoxy) is 1. The van der Waals surface area contributed by atoms with E-state index in [2.05, 4.69) is 4.90 Å². The second kappa shape index (κ2) is 18.6. The third kappa shape index (κ3) is 11.5. The van der Waals surface area contributed by atoms with Gasteiger partial charge >= 0.3 is 12.1 Å². The zero-order valence-electron chi connectivity index (χ0n) is 28.5. The molecule has 16 heteroatoms. The smallest absolute Gasteiger partial charge is 0.490 e. The van der Waals surface area contributed by atoms with Crippen LogP contribution in [0.3, 0.4) is 0 Å². The molecule has 0 aromatic heterocycles. The first kappa shape index (κ1) is 41.3. The Morgan fingerprint density at radius 3 is 2.04 bits per heavy atom. The Bertz CT molecular complexity index is 1750. The number of benzene rings is 3. The van der Waals surface area contributed by atoms with E-state index in [1.54, 1.807) is 41.3 Å². The average molecular weight is 791 g/mol. The largest absolute Gasteiger partial charge is 0.497 e. The number of hydrogen-bond acceptors (Lipinski definition) is 6. The first-order chi connectivity index (χ1) is 24.6. The Morgan fingerprint density at radius 2 is 1.50 bits per heavy atom. The summed E-state index contributed by atoms with van der Waals surface area (Å²) in [5.41, 5.74) is 1.87. The molecule has 2 saturated heterocycles. The van der Waals surface area contributed by atoms with Gasteiger partial charge in [0.2, 0.25) is 15.9 Å². The lowest BCUT2D eigenvalue weighted by atomic mass is 9.90. The number of carboxylic acids is 1. The maximum Gasteiger partial charge on any atom is 0.490 e. The fraction of sp³-hybridized carbons (Fsp3) is 0.444. The van der Waals surface area contributed by atoms with Crippen LogP contribution in [-0.2, 0) is 26.0 Å². The van der Waals surface area contributed by atoms with Crippen molar-refractivity contribution in [1.82, 2.24) is 9.21 Å². The molecular weight excluding hydrogens is 749 g/mol. The lowest BCUT2D eigenvalue weighted by Crippen LogP contribution is -2.45. The van der Waals surface area contributed by atoms with E-state index in [-0.39, 0.29) is 35.6 Å². The molecule has 2 aliphatic rings. The van der Waals surface area contributed by atoms with E-state index in [0.717, 1.165) is 45.3 Å². The highest BCUT2D eigenvalue weighted by atomic mass is 35.5. The number of carbonyl (C=O) groups excluding carboxylic acids is 1. The van der Waals surface area contributed by atoms with Crippen molar-refractivity contribution in [2.45, 2.75) is 49.6 Å². The molecule has 0 aliphatic carbocycles. The summed E-state index contributed by atoms with van der Waals surface area (Å²) in [5.74, 6) is -2.11. The number of likely N-dealkylation sites (tertiary alicyclic amines) is 1. The van der Waals surface area contributed by atoms with Crippen LogP contribution in [0.5, 0.6) is 5.75 Å². The Balaban J connectivity index is 0.000000785. The van der Waals surface area contributed by atoms with Crippen LogP contribution in [0, 0.1) is 17.7 Å². The monoisotopic (exact) mass is 789 g/mol. The molecule has 52 heavy (non-hydrogen) atoms. The minimum Gasteiger partial charge on any atom is -0.497 e. The van der Waals surface area contributed by atoms with E-state index in [0.29, 0.717) is 46.8 Å². The van der Waals surface area contributed by atoms with Crippen molar-refractivity contribution in [2.75, 3.05) is 51.3 Å². The summed E-state index contributed by atoms with van der Waals surface area (Å²) in [7, 11) is -2.13. The number of hydrogen-bond donors (Lipinski definition) is 1. The predicted octanol–water partition coefficient (Wildman–Crippen LogP) is 7.55. The van der Waals surface area contributed by atoms with Gasteiger partial charge in [0, 0.05) is 31.2 Å². The number of carboxylic acid groups (broad SMARTS) is 1. The Kier molecular flexibility index (Phi) is 14.7. The Morgan fingerprint density at radius 1 is 0.904 bits per heavy atom. The summed E-state index contributed by atoms with van der Waals surface area (Å²) in [6, 6.07) is 18.4. The summed E-state index contributed by atoms with van der Waals surface area (Å²) in [5, 5.41) is 7.93. The van der Waals surface area contributed by atoms with Gasteiger partial charge in [-0.2, -0.15) is 17.5 Å². The van der Waals surface area contributed by atoms with Crippen molar-refractivity contribution < 1.29 is 45.4 Å². The van der Waals surface area contributed by atoms with Crippen LogP contribution in [0.15, 0.2) is 71.6 Å². The van der Waals surface area contributed by atoms with E-state index in [4.69, 9.17) is 37.8 Å². The molecule has 0 radical (unpaired) electrons. The molecule has 2 fully saturated rings. The fourth-order valence-corrected chi connectivity index (χ4v) is 8.06. The van der Waals surface area contributed by atoms with Gasteiger partial charge in [-0.3, -0.25) is 4.79 Å². The van der Waals surface area contributed by atoms with E-state index in [1.165, 1.54) is 29.1 Å². The summed E-state index contributed by atoms with van der Waals surface area (Å²) in [6.45, 7) is 3.92. The van der Waals surface area contributed by atoms with Gasteiger partial charge in [-0.15, -0.1) is 0 Å². The van der Waals surface area contributed by atoms with E-state index in [9.17, 15) is 30.8 Å². The Labute approximate surface area is 311 Å².